The van der Waals surface area contributed by atoms with E-state index in [0.29, 0.717) is 39.4 Å². The van der Waals surface area contributed by atoms with Crippen molar-refractivity contribution in [1.29, 1.82) is 5.26 Å². The molecule has 4 bridgehead atoms. The van der Waals surface area contributed by atoms with Gasteiger partial charge in [0.15, 0.2) is 0 Å². The van der Waals surface area contributed by atoms with Crippen LogP contribution < -0.4 is 42.2 Å². The molecule has 0 unspecified atom stereocenters. The van der Waals surface area contributed by atoms with Crippen LogP contribution in [0.3, 0.4) is 0 Å². The van der Waals surface area contributed by atoms with E-state index in [2.05, 4.69) is 26.4 Å². The van der Waals surface area contributed by atoms with Crippen molar-refractivity contribution in [2.24, 2.45) is 18.5 Å². The van der Waals surface area contributed by atoms with E-state index >= 15 is 0 Å². The summed E-state index contributed by atoms with van der Waals surface area (Å²) >= 11 is 0. The van der Waals surface area contributed by atoms with Crippen LogP contribution in [0.1, 0.15) is 40.3 Å². The fraction of sp³-hybridized carbons (Fsp3) is 0.400. The zero-order valence-electron chi connectivity index (χ0n) is 29.5. The van der Waals surface area contributed by atoms with E-state index in [-0.39, 0.29) is 45.0 Å². The van der Waals surface area contributed by atoms with Gasteiger partial charge in [-0.2, -0.15) is 10.4 Å². The summed E-state index contributed by atoms with van der Waals surface area (Å²) in [6, 6.07) is 9.99. The summed E-state index contributed by atoms with van der Waals surface area (Å²) in [6.45, 7) is 3.19. The van der Waals surface area contributed by atoms with Crippen LogP contribution >= 0.6 is 0 Å². The number of nitrogens with two attached hydrogens (primary N) is 2. The lowest BCUT2D eigenvalue weighted by Crippen LogP contribution is -2.55. The molecule has 8 N–H and O–H groups in total. The van der Waals surface area contributed by atoms with E-state index in [1.165, 1.54) is 23.6 Å². The molecule has 276 valence electrons. The van der Waals surface area contributed by atoms with Gasteiger partial charge in [-0.1, -0.05) is 12.1 Å². The number of carbonyl (C=O) groups is 5. The minimum absolute atomic E-state index is 0.0243. The molecule has 0 spiro atoms. The van der Waals surface area contributed by atoms with Gasteiger partial charge in [0.05, 0.1) is 18.3 Å². The van der Waals surface area contributed by atoms with Crippen LogP contribution in [0.2, 0.25) is 0 Å². The van der Waals surface area contributed by atoms with E-state index in [1.807, 2.05) is 6.07 Å². The number of aryl methyl sites for hydroxylation is 2. The van der Waals surface area contributed by atoms with Gasteiger partial charge in [-0.15, -0.1) is 0 Å². The topological polar surface area (TPSA) is 249 Å². The van der Waals surface area contributed by atoms with Crippen molar-refractivity contribution in [2.45, 2.75) is 38.4 Å². The second kappa shape index (κ2) is 17.8. The number of ether oxygens (including phenoxy) is 2. The van der Waals surface area contributed by atoms with Crippen molar-refractivity contribution < 1.29 is 33.4 Å². The van der Waals surface area contributed by atoms with Gasteiger partial charge in [-0.25, -0.2) is 0 Å². The number of amides is 5. The molecule has 1 aliphatic rings. The molecule has 0 aliphatic carbocycles. The maximum Gasteiger partial charge on any atom is 0.269 e. The van der Waals surface area contributed by atoms with Crippen LogP contribution in [0.15, 0.2) is 42.5 Å². The Bertz CT molecular complexity index is 1850. The molecule has 1 aliphatic heterocycles. The Morgan fingerprint density at radius 1 is 1.00 bits per heavy atom. The minimum atomic E-state index is -1.31. The zero-order valence-corrected chi connectivity index (χ0v) is 29.5. The lowest BCUT2D eigenvalue weighted by molar-refractivity contribution is -0.139. The van der Waals surface area contributed by atoms with Crippen LogP contribution in [-0.2, 0) is 32.6 Å². The van der Waals surface area contributed by atoms with Crippen molar-refractivity contribution in [3.05, 3.63) is 65.0 Å². The first kappa shape index (κ1) is 38.8. The summed E-state index contributed by atoms with van der Waals surface area (Å²) in [5.74, 6) is -2.34. The normalized spacial score (nSPS) is 17.1. The molecule has 0 saturated heterocycles. The Morgan fingerprint density at radius 2 is 1.65 bits per heavy atom. The molecule has 17 heteroatoms. The SMILES string of the molecule is Cc1cc(C(=O)NCC(=O)N(C)[C@@H]2C(=O)N[C@@H](C)C(=O)N[C@H](C(=O)NCC#N)Cc3ccc(OCCN)c(c3)-c3cc2ccc3OCCN)n(C)n1. The first-order chi connectivity index (χ1) is 24.9. The number of nitrogens with one attached hydrogen (secondary N) is 4. The lowest BCUT2D eigenvalue weighted by Gasteiger charge is -2.30. The van der Waals surface area contributed by atoms with Crippen molar-refractivity contribution in [1.82, 2.24) is 35.9 Å². The van der Waals surface area contributed by atoms with E-state index < -0.39 is 54.2 Å². The molecule has 3 aromatic rings. The van der Waals surface area contributed by atoms with Gasteiger partial charge in [-0.05, 0) is 55.3 Å². The number of nitriles is 1. The van der Waals surface area contributed by atoms with Crippen LogP contribution in [0.5, 0.6) is 11.5 Å². The number of benzene rings is 2. The smallest absolute Gasteiger partial charge is 0.269 e. The van der Waals surface area contributed by atoms with Gasteiger partial charge in [0.1, 0.15) is 55.1 Å². The molecule has 2 aromatic carbocycles. The highest BCUT2D eigenvalue weighted by atomic mass is 16.5. The molecule has 0 radical (unpaired) electrons. The largest absolute Gasteiger partial charge is 0.492 e. The summed E-state index contributed by atoms with van der Waals surface area (Å²) in [7, 11) is 3.01. The Labute approximate surface area is 301 Å². The number of carbonyl (C=O) groups excluding carboxylic acids is 5. The maximum absolute atomic E-state index is 14.1. The summed E-state index contributed by atoms with van der Waals surface area (Å²) in [5.41, 5.74) is 14.4. The van der Waals surface area contributed by atoms with Gasteiger partial charge >= 0.3 is 0 Å². The molecule has 5 amide bonds. The van der Waals surface area contributed by atoms with Gasteiger partial charge in [-0.3, -0.25) is 28.7 Å². The fourth-order valence-electron chi connectivity index (χ4n) is 5.67. The summed E-state index contributed by atoms with van der Waals surface area (Å²) in [6.07, 6.45) is 0.0243. The number of fused-ring (bicyclic) bond motifs is 5. The molecule has 2 heterocycles. The minimum Gasteiger partial charge on any atom is -0.492 e. The zero-order chi connectivity index (χ0) is 37.9. The monoisotopic (exact) mass is 716 g/mol. The third kappa shape index (κ3) is 9.41. The van der Waals surface area contributed by atoms with Crippen LogP contribution in [-0.4, -0.2) is 103 Å². The number of aromatic nitrogens is 2. The average Bonchev–Trinajstić information content (AvgIpc) is 3.47. The van der Waals surface area contributed by atoms with Crippen molar-refractivity contribution in [2.75, 3.05) is 46.4 Å². The van der Waals surface area contributed by atoms with Gasteiger partial charge in [0, 0.05) is 44.7 Å². The van der Waals surface area contributed by atoms with Crippen LogP contribution in [0.25, 0.3) is 11.1 Å². The predicted molar refractivity (Wildman–Crippen MR) is 189 cm³/mol. The highest BCUT2D eigenvalue weighted by Gasteiger charge is 2.33. The number of hydrogen-bond donors (Lipinski definition) is 6. The number of nitrogens with zero attached hydrogens (tertiary/aromatic N) is 4. The van der Waals surface area contributed by atoms with Gasteiger partial charge in [0.25, 0.3) is 5.91 Å². The molecule has 17 nitrogen and oxygen atoms in total. The third-order valence-corrected chi connectivity index (χ3v) is 8.23. The van der Waals surface area contributed by atoms with E-state index in [4.69, 9.17) is 26.2 Å². The highest BCUT2D eigenvalue weighted by molar-refractivity contribution is 5.97. The predicted octanol–water partition coefficient (Wildman–Crippen LogP) is -0.815. The van der Waals surface area contributed by atoms with Crippen molar-refractivity contribution in [3.8, 4) is 28.7 Å². The van der Waals surface area contributed by atoms with Crippen molar-refractivity contribution in [3.63, 3.8) is 0 Å². The number of likely N-dealkylation sites (N-methyl/N-ethyl adjacent to an activating group) is 1. The van der Waals surface area contributed by atoms with E-state index in [9.17, 15) is 24.0 Å². The second-order valence-electron chi connectivity index (χ2n) is 12.1. The molecule has 0 saturated carbocycles. The molecule has 3 atom stereocenters. The third-order valence-electron chi connectivity index (χ3n) is 8.23. The standard InChI is InChI=1S/C35H44N10O7/c1-20-15-27(45(4)43-20)34(49)40-19-30(46)44(3)31-23-6-8-29(52-14-11-38)25(18-23)24-16-22(5-7-28(24)51-13-10-37)17-26(33(48)39-12-9-36)42-32(47)21(2)41-35(31)50/h5-8,15-16,18,21,26,31H,10-14,17,19,37-38H2,1-4H3,(H,39,48)(H,40,49)(H,41,50)(H,42,47)/t21-,26-,31-/m0/s1. The van der Waals surface area contributed by atoms with Crippen LogP contribution in [0.4, 0.5) is 0 Å². The highest BCUT2D eigenvalue weighted by Crippen LogP contribution is 2.40. The average molecular weight is 717 g/mol. The summed E-state index contributed by atoms with van der Waals surface area (Å²) in [4.78, 5) is 68.4. The van der Waals surface area contributed by atoms with E-state index in [1.54, 1.807) is 56.4 Å². The molecular formula is C35H44N10O7. The van der Waals surface area contributed by atoms with Gasteiger partial charge in [0.2, 0.25) is 23.6 Å². The number of hydrogen-bond acceptors (Lipinski definition) is 11. The Morgan fingerprint density at radius 3 is 2.27 bits per heavy atom. The van der Waals surface area contributed by atoms with Crippen molar-refractivity contribution >= 4 is 29.5 Å². The molecule has 4 rings (SSSR count). The Balaban J connectivity index is 1.83. The van der Waals surface area contributed by atoms with E-state index in [0.717, 1.165) is 0 Å². The quantitative estimate of drug-likeness (QED) is 0.126. The fourth-order valence-corrected chi connectivity index (χ4v) is 5.67. The van der Waals surface area contributed by atoms with Gasteiger partial charge < -0.3 is 47.1 Å². The first-order valence-electron chi connectivity index (χ1n) is 16.6. The lowest BCUT2D eigenvalue weighted by atomic mass is 9.93. The Kier molecular flexibility index (Phi) is 13.3. The Hall–Kier alpha value is -5.99. The number of rotatable bonds is 12. The first-order valence-corrected chi connectivity index (χ1v) is 16.6. The maximum atomic E-state index is 14.1. The summed E-state index contributed by atoms with van der Waals surface area (Å²) < 4.78 is 13.4. The molecule has 0 fully saturated rings. The molecule has 52 heavy (non-hydrogen) atoms. The molecule has 1 aromatic heterocycles. The van der Waals surface area contributed by atoms with Crippen LogP contribution in [0, 0.1) is 18.3 Å². The second-order valence-corrected chi connectivity index (χ2v) is 12.1. The summed E-state index contributed by atoms with van der Waals surface area (Å²) in [5, 5.41) is 23.6. The molecular weight excluding hydrogens is 672 g/mol.